The van der Waals surface area contributed by atoms with Crippen molar-refractivity contribution in [1.82, 2.24) is 9.97 Å². The molecule has 0 amide bonds. The lowest BCUT2D eigenvalue weighted by Gasteiger charge is -2.20. The number of aliphatic hydroxyl groups is 1. The van der Waals surface area contributed by atoms with Crippen LogP contribution in [0.25, 0.3) is 21.6 Å². The number of fused-ring (bicyclic) bond motifs is 1. The van der Waals surface area contributed by atoms with Crippen LogP contribution >= 0.6 is 11.3 Å². The molecule has 2 aromatic heterocycles. The summed E-state index contributed by atoms with van der Waals surface area (Å²) in [4.78, 5) is 21.5. The first kappa shape index (κ1) is 24.4. The van der Waals surface area contributed by atoms with Crippen molar-refractivity contribution in [1.29, 1.82) is 0 Å². The summed E-state index contributed by atoms with van der Waals surface area (Å²) in [5.74, 6) is -0.624. The number of methoxy groups -OCH3 is 2. The van der Waals surface area contributed by atoms with E-state index in [-0.39, 0.29) is 12.5 Å². The van der Waals surface area contributed by atoms with Gasteiger partial charge in [0.2, 0.25) is 0 Å². The smallest absolute Gasteiger partial charge is 0.307 e. The van der Waals surface area contributed by atoms with Gasteiger partial charge in [0.05, 0.1) is 24.2 Å². The molecule has 0 radical (unpaired) electrons. The van der Waals surface area contributed by atoms with Crippen LogP contribution in [0.4, 0.5) is 0 Å². The number of benzene rings is 1. The molecule has 1 unspecified atom stereocenters. The SMILES string of the molecule is COc1ccc2c(O[C@H]3C[C@@H](C(=O)O)[C@H](C(O)OC)C3)cc(-c3nc(C(C)C)cs3)nc2c1C. The van der Waals surface area contributed by atoms with E-state index in [2.05, 4.69) is 13.8 Å². The first-order valence-corrected chi connectivity index (χ1v) is 12.2. The van der Waals surface area contributed by atoms with Gasteiger partial charge in [-0.15, -0.1) is 11.3 Å². The third-order valence-electron chi connectivity index (χ3n) is 6.49. The zero-order valence-electron chi connectivity index (χ0n) is 19.9. The summed E-state index contributed by atoms with van der Waals surface area (Å²) in [6, 6.07) is 5.64. The summed E-state index contributed by atoms with van der Waals surface area (Å²) >= 11 is 1.53. The molecule has 1 fully saturated rings. The average molecular weight is 487 g/mol. The van der Waals surface area contributed by atoms with Crippen LogP contribution in [-0.4, -0.2) is 52.8 Å². The fraction of sp³-hybridized carbons (Fsp3) is 0.480. The van der Waals surface area contributed by atoms with Crippen molar-refractivity contribution in [3.8, 4) is 22.2 Å². The molecule has 182 valence electrons. The number of ether oxygens (including phenoxy) is 3. The van der Waals surface area contributed by atoms with Gasteiger partial charge in [-0.3, -0.25) is 4.79 Å². The summed E-state index contributed by atoms with van der Waals surface area (Å²) < 4.78 is 16.9. The molecule has 1 aromatic carbocycles. The maximum atomic E-state index is 11.8. The third-order valence-corrected chi connectivity index (χ3v) is 7.37. The summed E-state index contributed by atoms with van der Waals surface area (Å²) in [7, 11) is 2.99. The van der Waals surface area contributed by atoms with Gasteiger partial charge in [0.1, 0.15) is 28.3 Å². The lowest BCUT2D eigenvalue weighted by molar-refractivity contribution is -0.155. The fourth-order valence-electron chi connectivity index (χ4n) is 4.55. The number of aliphatic carboxylic acids is 1. The second kappa shape index (κ2) is 9.85. The number of aliphatic hydroxyl groups excluding tert-OH is 1. The van der Waals surface area contributed by atoms with Gasteiger partial charge < -0.3 is 24.4 Å². The number of carboxylic acids is 1. The van der Waals surface area contributed by atoms with Gasteiger partial charge in [0, 0.05) is 35.4 Å². The van der Waals surface area contributed by atoms with Crippen molar-refractivity contribution in [2.45, 2.75) is 51.9 Å². The van der Waals surface area contributed by atoms with E-state index in [1.165, 1.54) is 18.4 Å². The monoisotopic (exact) mass is 486 g/mol. The number of carbonyl (C=O) groups is 1. The highest BCUT2D eigenvalue weighted by molar-refractivity contribution is 7.13. The van der Waals surface area contributed by atoms with E-state index in [1.54, 1.807) is 7.11 Å². The van der Waals surface area contributed by atoms with Crippen LogP contribution in [-0.2, 0) is 9.53 Å². The number of hydrogen-bond acceptors (Lipinski definition) is 8. The van der Waals surface area contributed by atoms with Gasteiger partial charge in [-0.05, 0) is 37.8 Å². The molecular formula is C25H30N2O6S. The molecule has 34 heavy (non-hydrogen) atoms. The highest BCUT2D eigenvalue weighted by atomic mass is 32.1. The van der Waals surface area contributed by atoms with Crippen molar-refractivity contribution in [3.05, 3.63) is 34.8 Å². The molecule has 2 N–H and O–H groups in total. The fourth-order valence-corrected chi connectivity index (χ4v) is 5.49. The molecule has 0 spiro atoms. The largest absolute Gasteiger partial charge is 0.496 e. The minimum atomic E-state index is -1.16. The maximum absolute atomic E-state index is 11.8. The van der Waals surface area contributed by atoms with E-state index in [9.17, 15) is 15.0 Å². The number of carboxylic acid groups (broad SMARTS) is 1. The molecule has 2 heterocycles. The minimum Gasteiger partial charge on any atom is -0.496 e. The van der Waals surface area contributed by atoms with Crippen molar-refractivity contribution in [3.63, 3.8) is 0 Å². The minimum absolute atomic E-state index is 0.281. The number of thiazole rings is 1. The lowest BCUT2D eigenvalue weighted by Crippen LogP contribution is -2.29. The van der Waals surface area contributed by atoms with Gasteiger partial charge in [-0.25, -0.2) is 9.97 Å². The standard InChI is InChI=1S/C25H30N2O6S/c1-12(2)19-11-34-23(27-19)18-10-21(15-6-7-20(31-4)13(3)22(15)26-18)33-14-8-16(24(28)29)17(9-14)25(30)32-5/h6-7,10-12,14,16-17,25,30H,8-9H2,1-5H3,(H,28,29)/t14-,16+,17+,25?/m0/s1. The first-order chi connectivity index (χ1) is 16.2. The van der Waals surface area contributed by atoms with E-state index in [0.717, 1.165) is 32.9 Å². The number of aryl methyl sites for hydroxylation is 1. The Morgan fingerprint density at radius 3 is 2.56 bits per heavy atom. The molecule has 8 nitrogen and oxygen atoms in total. The van der Waals surface area contributed by atoms with Crippen LogP contribution in [0.5, 0.6) is 11.5 Å². The van der Waals surface area contributed by atoms with Gasteiger partial charge in [-0.2, -0.15) is 0 Å². The predicted molar refractivity (Wildman–Crippen MR) is 130 cm³/mol. The molecule has 9 heteroatoms. The Kier molecular flexibility index (Phi) is 7.06. The van der Waals surface area contributed by atoms with Crippen LogP contribution < -0.4 is 9.47 Å². The van der Waals surface area contributed by atoms with E-state index < -0.39 is 24.1 Å². The second-order valence-corrected chi connectivity index (χ2v) is 9.83. The van der Waals surface area contributed by atoms with Crippen LogP contribution in [0.3, 0.4) is 0 Å². The molecule has 0 bridgehead atoms. The van der Waals surface area contributed by atoms with Gasteiger partial charge in [0.15, 0.2) is 6.29 Å². The molecular weight excluding hydrogens is 456 g/mol. The molecule has 1 saturated carbocycles. The van der Waals surface area contributed by atoms with Gasteiger partial charge in [0.25, 0.3) is 0 Å². The highest BCUT2D eigenvalue weighted by Gasteiger charge is 2.44. The average Bonchev–Trinajstić information content (AvgIpc) is 3.47. The Labute approximate surface area is 202 Å². The Morgan fingerprint density at radius 2 is 1.94 bits per heavy atom. The quantitative estimate of drug-likeness (QED) is 0.444. The van der Waals surface area contributed by atoms with E-state index in [0.29, 0.717) is 23.8 Å². The molecule has 4 rings (SSSR count). The van der Waals surface area contributed by atoms with Crippen LogP contribution in [0, 0.1) is 18.8 Å². The molecule has 0 saturated heterocycles. The van der Waals surface area contributed by atoms with Gasteiger partial charge >= 0.3 is 5.97 Å². The topological polar surface area (TPSA) is 111 Å². The van der Waals surface area contributed by atoms with Crippen molar-refractivity contribution >= 4 is 28.2 Å². The van der Waals surface area contributed by atoms with E-state index in [4.69, 9.17) is 24.2 Å². The number of rotatable bonds is 8. The second-order valence-electron chi connectivity index (χ2n) is 8.97. The van der Waals surface area contributed by atoms with Crippen LogP contribution in [0.2, 0.25) is 0 Å². The summed E-state index contributed by atoms with van der Waals surface area (Å²) in [6.45, 7) is 6.14. The van der Waals surface area contributed by atoms with Crippen molar-refractivity contribution in [2.75, 3.05) is 14.2 Å². The first-order valence-electron chi connectivity index (χ1n) is 11.3. The molecule has 3 aromatic rings. The highest BCUT2D eigenvalue weighted by Crippen LogP contribution is 2.41. The number of nitrogens with zero attached hydrogens (tertiary/aromatic N) is 2. The Morgan fingerprint density at radius 1 is 1.18 bits per heavy atom. The summed E-state index contributed by atoms with van der Waals surface area (Å²) in [6.07, 6.45) is -0.895. The molecule has 0 aliphatic heterocycles. The number of hydrogen-bond donors (Lipinski definition) is 2. The van der Waals surface area contributed by atoms with Crippen molar-refractivity contribution in [2.24, 2.45) is 11.8 Å². The third kappa shape index (κ3) is 4.60. The van der Waals surface area contributed by atoms with Crippen molar-refractivity contribution < 1.29 is 29.2 Å². The van der Waals surface area contributed by atoms with E-state index in [1.807, 2.05) is 30.5 Å². The Balaban J connectivity index is 1.76. The van der Waals surface area contributed by atoms with Crippen LogP contribution in [0.1, 0.15) is 43.9 Å². The lowest BCUT2D eigenvalue weighted by atomic mass is 9.96. The molecule has 1 aliphatic carbocycles. The van der Waals surface area contributed by atoms with Gasteiger partial charge in [-0.1, -0.05) is 13.8 Å². The zero-order valence-corrected chi connectivity index (χ0v) is 20.8. The zero-order chi connectivity index (χ0) is 24.6. The molecule has 1 aliphatic rings. The summed E-state index contributed by atoms with van der Waals surface area (Å²) in [5, 5.41) is 23.5. The maximum Gasteiger partial charge on any atom is 0.307 e. The number of pyridine rings is 1. The van der Waals surface area contributed by atoms with E-state index >= 15 is 0 Å². The van der Waals surface area contributed by atoms with Crippen LogP contribution in [0.15, 0.2) is 23.6 Å². The predicted octanol–water partition coefficient (Wildman–Crippen LogP) is 4.62. The molecule has 4 atom stereocenters. The Hall–Kier alpha value is -2.75. The number of aromatic nitrogens is 2. The summed E-state index contributed by atoms with van der Waals surface area (Å²) in [5.41, 5.74) is 3.32. The Bertz CT molecular complexity index is 1190. The normalized spacial score (nSPS) is 21.2.